The molecule has 1 aliphatic heterocycles. The van der Waals surface area contributed by atoms with Crippen LogP contribution in [0, 0.1) is 11.3 Å². The van der Waals surface area contributed by atoms with Crippen molar-refractivity contribution >= 4 is 0 Å². The van der Waals surface area contributed by atoms with Crippen molar-refractivity contribution in [3.63, 3.8) is 0 Å². The van der Waals surface area contributed by atoms with Gasteiger partial charge in [0.05, 0.1) is 6.10 Å². The molecule has 0 aromatic heterocycles. The van der Waals surface area contributed by atoms with Crippen LogP contribution in [-0.4, -0.2) is 24.8 Å². The second-order valence-corrected chi connectivity index (χ2v) is 6.10. The third-order valence-electron chi connectivity index (χ3n) is 5.28. The molecule has 3 aliphatic carbocycles. The van der Waals surface area contributed by atoms with E-state index in [-0.39, 0.29) is 0 Å². The summed E-state index contributed by atoms with van der Waals surface area (Å²) in [7, 11) is 0. The summed E-state index contributed by atoms with van der Waals surface area (Å²) in [6.07, 6.45) is 10.5. The average molecular weight is 207 g/mol. The van der Waals surface area contributed by atoms with E-state index in [0.29, 0.717) is 11.5 Å². The Hall–Kier alpha value is -0.0800. The predicted molar refractivity (Wildman–Crippen MR) is 58.7 cm³/mol. The van der Waals surface area contributed by atoms with Gasteiger partial charge in [0, 0.05) is 30.0 Å². The molecule has 4 aliphatic rings. The SMILES string of the molecule is C1CCC2(C1)C(NC1CC1)C1CCOC12. The fourth-order valence-electron chi connectivity index (χ4n) is 4.45. The summed E-state index contributed by atoms with van der Waals surface area (Å²) in [5.74, 6) is 0.865. The summed E-state index contributed by atoms with van der Waals surface area (Å²) in [4.78, 5) is 0. The van der Waals surface area contributed by atoms with Crippen molar-refractivity contribution in [2.75, 3.05) is 6.61 Å². The Bertz CT molecular complexity index is 268. The van der Waals surface area contributed by atoms with Gasteiger partial charge in [0.2, 0.25) is 0 Å². The van der Waals surface area contributed by atoms with Crippen LogP contribution >= 0.6 is 0 Å². The second kappa shape index (κ2) is 2.98. The van der Waals surface area contributed by atoms with Gasteiger partial charge in [0.1, 0.15) is 0 Å². The van der Waals surface area contributed by atoms with Gasteiger partial charge in [-0.15, -0.1) is 0 Å². The van der Waals surface area contributed by atoms with Gasteiger partial charge >= 0.3 is 0 Å². The monoisotopic (exact) mass is 207 g/mol. The van der Waals surface area contributed by atoms with Crippen LogP contribution < -0.4 is 5.32 Å². The predicted octanol–water partition coefficient (Wildman–Crippen LogP) is 2.09. The summed E-state index contributed by atoms with van der Waals surface area (Å²) in [5.41, 5.74) is 0.573. The first kappa shape index (κ1) is 9.00. The van der Waals surface area contributed by atoms with E-state index in [1.807, 2.05) is 0 Å². The maximum absolute atomic E-state index is 5.98. The minimum absolute atomic E-state index is 0.573. The van der Waals surface area contributed by atoms with E-state index in [1.54, 1.807) is 0 Å². The molecule has 1 spiro atoms. The third-order valence-corrected chi connectivity index (χ3v) is 5.28. The van der Waals surface area contributed by atoms with Crippen LogP contribution in [-0.2, 0) is 4.74 Å². The Morgan fingerprint density at radius 2 is 1.87 bits per heavy atom. The summed E-state index contributed by atoms with van der Waals surface area (Å²) < 4.78 is 5.98. The van der Waals surface area contributed by atoms with Gasteiger partial charge in [-0.25, -0.2) is 0 Å². The van der Waals surface area contributed by atoms with E-state index in [4.69, 9.17) is 4.74 Å². The molecule has 84 valence electrons. The van der Waals surface area contributed by atoms with E-state index in [2.05, 4.69) is 5.32 Å². The van der Waals surface area contributed by atoms with Gasteiger partial charge in [-0.2, -0.15) is 0 Å². The van der Waals surface area contributed by atoms with Crippen molar-refractivity contribution in [2.45, 2.75) is 63.1 Å². The van der Waals surface area contributed by atoms with E-state index in [0.717, 1.165) is 24.6 Å². The quantitative estimate of drug-likeness (QED) is 0.748. The summed E-state index contributed by atoms with van der Waals surface area (Å²) in [6, 6.07) is 1.69. The molecule has 1 N–H and O–H groups in total. The number of rotatable bonds is 2. The van der Waals surface area contributed by atoms with E-state index in [9.17, 15) is 0 Å². The maximum atomic E-state index is 5.98. The smallest absolute Gasteiger partial charge is 0.0690 e. The Kier molecular flexibility index (Phi) is 1.79. The lowest BCUT2D eigenvalue weighted by molar-refractivity contribution is -0.130. The lowest BCUT2D eigenvalue weighted by atomic mass is 9.54. The zero-order chi connectivity index (χ0) is 9.88. The van der Waals surface area contributed by atoms with Gasteiger partial charge in [0.15, 0.2) is 0 Å². The van der Waals surface area contributed by atoms with Gasteiger partial charge in [0.25, 0.3) is 0 Å². The summed E-state index contributed by atoms with van der Waals surface area (Å²) >= 11 is 0. The topological polar surface area (TPSA) is 21.3 Å². The van der Waals surface area contributed by atoms with Crippen molar-refractivity contribution in [1.82, 2.24) is 5.32 Å². The van der Waals surface area contributed by atoms with Crippen LogP contribution in [0.1, 0.15) is 44.9 Å². The van der Waals surface area contributed by atoms with Crippen molar-refractivity contribution in [3.05, 3.63) is 0 Å². The number of fused-ring (bicyclic) bond motifs is 2. The zero-order valence-electron chi connectivity index (χ0n) is 9.37. The zero-order valence-corrected chi connectivity index (χ0v) is 9.37. The largest absolute Gasteiger partial charge is 0.377 e. The number of hydrogen-bond acceptors (Lipinski definition) is 2. The van der Waals surface area contributed by atoms with Crippen LogP contribution in [0.3, 0.4) is 0 Å². The lowest BCUT2D eigenvalue weighted by Gasteiger charge is -2.57. The van der Waals surface area contributed by atoms with E-state index < -0.39 is 0 Å². The molecule has 4 fully saturated rings. The van der Waals surface area contributed by atoms with Crippen LogP contribution in [0.15, 0.2) is 0 Å². The second-order valence-electron chi connectivity index (χ2n) is 6.10. The molecule has 0 aromatic rings. The molecule has 3 saturated carbocycles. The highest BCUT2D eigenvalue weighted by atomic mass is 16.5. The highest BCUT2D eigenvalue weighted by Crippen LogP contribution is 2.61. The lowest BCUT2D eigenvalue weighted by Crippen LogP contribution is -2.67. The summed E-state index contributed by atoms with van der Waals surface area (Å²) in [5, 5.41) is 3.91. The number of hydrogen-bond donors (Lipinski definition) is 1. The molecule has 2 heteroatoms. The Morgan fingerprint density at radius 3 is 2.60 bits per heavy atom. The highest BCUT2D eigenvalue weighted by molar-refractivity contribution is 5.17. The molecule has 4 rings (SSSR count). The van der Waals surface area contributed by atoms with Crippen LogP contribution in [0.4, 0.5) is 0 Å². The average Bonchev–Trinajstić information content (AvgIpc) is 2.80. The first-order valence-corrected chi connectivity index (χ1v) is 6.78. The van der Waals surface area contributed by atoms with Gasteiger partial charge < -0.3 is 10.1 Å². The van der Waals surface area contributed by atoms with E-state index >= 15 is 0 Å². The van der Waals surface area contributed by atoms with Gasteiger partial charge in [-0.1, -0.05) is 12.8 Å². The molecule has 3 atom stereocenters. The third kappa shape index (κ3) is 1.13. The molecule has 1 saturated heterocycles. The van der Waals surface area contributed by atoms with Crippen molar-refractivity contribution in [1.29, 1.82) is 0 Å². The molecule has 15 heavy (non-hydrogen) atoms. The molecule has 3 unspecified atom stereocenters. The molecular formula is C13H21NO. The molecule has 0 amide bonds. The van der Waals surface area contributed by atoms with E-state index in [1.165, 1.54) is 44.9 Å². The van der Waals surface area contributed by atoms with Gasteiger partial charge in [-0.3, -0.25) is 0 Å². The number of nitrogens with one attached hydrogen (secondary N) is 1. The molecule has 1 heterocycles. The Morgan fingerprint density at radius 1 is 1.07 bits per heavy atom. The first-order valence-electron chi connectivity index (χ1n) is 6.78. The Balaban J connectivity index is 1.58. The highest BCUT2D eigenvalue weighted by Gasteiger charge is 2.65. The molecule has 0 bridgehead atoms. The first-order chi connectivity index (χ1) is 7.40. The fraction of sp³-hybridized carbons (Fsp3) is 1.00. The standard InChI is InChI=1S/C13H21NO/c1-2-7-13(6-1)11(14-9-3-4-9)10-5-8-15-12(10)13/h9-12,14H,1-8H2. The maximum Gasteiger partial charge on any atom is 0.0690 e. The normalized spacial score (nSPS) is 46.8. The molecular weight excluding hydrogens is 186 g/mol. The molecule has 2 nitrogen and oxygen atoms in total. The van der Waals surface area contributed by atoms with Crippen LogP contribution in [0.5, 0.6) is 0 Å². The number of ether oxygens (including phenoxy) is 1. The summed E-state index contributed by atoms with van der Waals surface area (Å²) in [6.45, 7) is 1.03. The van der Waals surface area contributed by atoms with Crippen molar-refractivity contribution in [2.24, 2.45) is 11.3 Å². The minimum Gasteiger partial charge on any atom is -0.377 e. The van der Waals surface area contributed by atoms with Crippen molar-refractivity contribution < 1.29 is 4.74 Å². The molecule has 0 radical (unpaired) electrons. The van der Waals surface area contributed by atoms with Crippen LogP contribution in [0.2, 0.25) is 0 Å². The van der Waals surface area contributed by atoms with Crippen LogP contribution in [0.25, 0.3) is 0 Å². The molecule has 0 aromatic carbocycles. The minimum atomic E-state index is 0.573. The fourth-order valence-corrected chi connectivity index (χ4v) is 4.45. The van der Waals surface area contributed by atoms with Gasteiger partial charge in [-0.05, 0) is 32.1 Å². The Labute approximate surface area is 91.8 Å². The van der Waals surface area contributed by atoms with Crippen molar-refractivity contribution in [3.8, 4) is 0 Å².